The van der Waals surface area contributed by atoms with Gasteiger partial charge in [0, 0.05) is 12.9 Å². The number of hydrogen-bond donors (Lipinski definition) is 1. The van der Waals surface area contributed by atoms with Crippen LogP contribution in [-0.4, -0.2) is 19.2 Å². The van der Waals surface area contributed by atoms with Gasteiger partial charge < -0.3 is 9.84 Å². The van der Waals surface area contributed by atoms with Crippen LogP contribution < -0.4 is 5.32 Å². The van der Waals surface area contributed by atoms with Crippen LogP contribution in [0.5, 0.6) is 0 Å². The van der Waals surface area contributed by atoms with Crippen LogP contribution in [0.2, 0.25) is 0 Å². The molecule has 0 spiro atoms. The lowest BCUT2D eigenvalue weighted by atomic mass is 10.3. The molecule has 0 saturated carbocycles. The first-order valence-electron chi connectivity index (χ1n) is 4.75. The van der Waals surface area contributed by atoms with Crippen molar-refractivity contribution in [2.45, 2.75) is 20.8 Å². The quantitative estimate of drug-likeness (QED) is 0.435. The highest BCUT2D eigenvalue weighted by molar-refractivity contribution is 8.69. The zero-order chi connectivity index (χ0) is 11.7. The molecule has 0 heterocycles. The second-order valence-electron chi connectivity index (χ2n) is 3.25. The molecule has 0 saturated heterocycles. The van der Waals surface area contributed by atoms with Crippen molar-refractivity contribution in [3.05, 3.63) is 12.3 Å². The fourth-order valence-electron chi connectivity index (χ4n) is 0.620. The summed E-state index contributed by atoms with van der Waals surface area (Å²) in [6, 6.07) is 0. The lowest BCUT2D eigenvalue weighted by Gasteiger charge is -2.14. The van der Waals surface area contributed by atoms with Crippen molar-refractivity contribution in [3.63, 3.8) is 0 Å². The number of rotatable bonds is 7. The lowest BCUT2D eigenvalue weighted by molar-refractivity contribution is 0.471. The lowest BCUT2D eigenvalue weighted by Crippen LogP contribution is -1.99. The summed E-state index contributed by atoms with van der Waals surface area (Å²) in [7, 11) is 1.63. The molecule has 0 amide bonds. The molecule has 1 atom stereocenters. The van der Waals surface area contributed by atoms with Gasteiger partial charge in [0.15, 0.2) is 0 Å². The van der Waals surface area contributed by atoms with E-state index in [1.165, 1.54) is 0 Å². The predicted octanol–water partition coefficient (Wildman–Crippen LogP) is 3.40. The topological polar surface area (TPSA) is 33.6 Å². The molecule has 15 heavy (non-hydrogen) atoms. The van der Waals surface area contributed by atoms with E-state index in [2.05, 4.69) is 23.9 Å². The summed E-state index contributed by atoms with van der Waals surface area (Å²) in [5, 5.41) is 2.91. The Morgan fingerprint density at radius 1 is 1.60 bits per heavy atom. The van der Waals surface area contributed by atoms with E-state index in [0.717, 1.165) is 5.75 Å². The van der Waals surface area contributed by atoms with Crippen LogP contribution in [-0.2, 0) is 16.3 Å². The molecule has 0 rings (SSSR count). The van der Waals surface area contributed by atoms with Crippen LogP contribution >= 0.6 is 17.0 Å². The van der Waals surface area contributed by atoms with Gasteiger partial charge in [-0.25, -0.2) is 4.76 Å². The minimum atomic E-state index is -2.07. The molecular weight excluding hydrogens is 247 g/mol. The van der Waals surface area contributed by atoms with Crippen molar-refractivity contribution in [1.29, 1.82) is 0 Å². The fraction of sp³-hybridized carbons (Fsp3) is 0.667. The first-order valence-corrected chi connectivity index (χ1v) is 9.02. The number of nitrogens with zero attached hydrogens (tertiary/aromatic N) is 1. The van der Waals surface area contributed by atoms with E-state index < -0.39 is 5.62 Å². The summed E-state index contributed by atoms with van der Waals surface area (Å²) >= 11 is 6.99. The number of nitrogens with one attached hydrogen (secondary N) is 1. The second-order valence-corrected chi connectivity index (χ2v) is 9.81. The van der Waals surface area contributed by atoms with Gasteiger partial charge in [-0.3, -0.25) is 0 Å². The average molecular weight is 266 g/mol. The molecule has 88 valence electrons. The standard InChI is InChI=1S/C9H19N2OPS2/c1-5-6-10-8-11-13(14,12-4)15-7-9(2)3/h5-6,8-9H,7H2,1-4H3,(H,10,11,14). The van der Waals surface area contributed by atoms with Crippen LogP contribution in [0.15, 0.2) is 17.0 Å². The molecule has 1 N–H and O–H groups in total. The maximum atomic E-state index is 5.36. The molecule has 0 aromatic carbocycles. The van der Waals surface area contributed by atoms with Crippen molar-refractivity contribution in [1.82, 2.24) is 5.32 Å². The first kappa shape index (κ1) is 15.2. The van der Waals surface area contributed by atoms with Crippen molar-refractivity contribution in [3.8, 4) is 0 Å². The van der Waals surface area contributed by atoms with Gasteiger partial charge in [0.25, 0.3) is 0 Å². The Balaban J connectivity index is 4.18. The molecule has 0 aromatic rings. The van der Waals surface area contributed by atoms with E-state index in [4.69, 9.17) is 16.3 Å². The molecule has 0 bridgehead atoms. The molecule has 0 fully saturated rings. The maximum absolute atomic E-state index is 5.36. The summed E-state index contributed by atoms with van der Waals surface area (Å²) in [4.78, 5) is 0. The van der Waals surface area contributed by atoms with E-state index in [-0.39, 0.29) is 0 Å². The van der Waals surface area contributed by atoms with Gasteiger partial charge in [-0.1, -0.05) is 31.3 Å². The van der Waals surface area contributed by atoms with Crippen LogP contribution in [0.1, 0.15) is 20.8 Å². The largest absolute Gasteiger partial charge is 0.353 e. The molecule has 0 aliphatic rings. The van der Waals surface area contributed by atoms with Crippen LogP contribution in [0, 0.1) is 5.92 Å². The third-order valence-corrected chi connectivity index (χ3v) is 7.17. The minimum Gasteiger partial charge on any atom is -0.353 e. The van der Waals surface area contributed by atoms with E-state index in [9.17, 15) is 0 Å². The number of allylic oxidation sites excluding steroid dienone is 1. The molecule has 0 aromatic heterocycles. The predicted molar refractivity (Wildman–Crippen MR) is 75.0 cm³/mol. The van der Waals surface area contributed by atoms with Gasteiger partial charge in [-0.15, -0.1) is 0 Å². The highest BCUT2D eigenvalue weighted by atomic mass is 32.9. The van der Waals surface area contributed by atoms with E-state index >= 15 is 0 Å². The molecular formula is C9H19N2OPS2. The summed E-state index contributed by atoms with van der Waals surface area (Å²) < 4.78 is 9.56. The normalized spacial score (nSPS) is 16.3. The summed E-state index contributed by atoms with van der Waals surface area (Å²) in [6.07, 6.45) is 5.30. The third kappa shape index (κ3) is 8.03. The van der Waals surface area contributed by atoms with Gasteiger partial charge in [0.1, 0.15) is 0 Å². The highest BCUT2D eigenvalue weighted by Crippen LogP contribution is 2.60. The fourth-order valence-corrected chi connectivity index (χ4v) is 4.39. The van der Waals surface area contributed by atoms with E-state index in [0.29, 0.717) is 5.92 Å². The molecule has 3 nitrogen and oxygen atoms in total. The first-order chi connectivity index (χ1) is 7.04. The molecule has 0 aliphatic heterocycles. The minimum absolute atomic E-state index is 0.603. The SMILES string of the molecule is CC=CNC=NP(=S)(OC)SCC(C)C. The van der Waals surface area contributed by atoms with E-state index in [1.54, 1.807) is 31.0 Å². The highest BCUT2D eigenvalue weighted by Gasteiger charge is 2.15. The Kier molecular flexibility index (Phi) is 8.43. The zero-order valence-electron chi connectivity index (χ0n) is 9.64. The maximum Gasteiger partial charge on any atom is 0.232 e. The van der Waals surface area contributed by atoms with Gasteiger partial charge in [0.2, 0.25) is 5.62 Å². The Labute approximate surface area is 102 Å². The number of hydrogen-bond acceptors (Lipinski definition) is 3. The smallest absolute Gasteiger partial charge is 0.232 e. The monoisotopic (exact) mass is 266 g/mol. The van der Waals surface area contributed by atoms with Gasteiger partial charge >= 0.3 is 0 Å². The van der Waals surface area contributed by atoms with Crippen molar-refractivity contribution in [2.75, 3.05) is 12.9 Å². The molecule has 0 radical (unpaired) electrons. The second kappa shape index (κ2) is 8.34. The van der Waals surface area contributed by atoms with Gasteiger partial charge in [0.05, 0.1) is 6.34 Å². The summed E-state index contributed by atoms with van der Waals surface area (Å²) in [5.41, 5.74) is -2.07. The van der Waals surface area contributed by atoms with Gasteiger partial charge in [-0.05, 0) is 30.8 Å². The van der Waals surface area contributed by atoms with E-state index in [1.807, 2.05) is 13.0 Å². The Morgan fingerprint density at radius 2 is 2.27 bits per heavy atom. The van der Waals surface area contributed by atoms with Crippen molar-refractivity contribution in [2.24, 2.45) is 10.7 Å². The van der Waals surface area contributed by atoms with Crippen LogP contribution in [0.3, 0.4) is 0 Å². The molecule has 1 unspecified atom stereocenters. The van der Waals surface area contributed by atoms with Crippen molar-refractivity contribution >= 4 is 35.1 Å². The van der Waals surface area contributed by atoms with Crippen molar-refractivity contribution < 1.29 is 4.52 Å². The third-order valence-electron chi connectivity index (χ3n) is 1.34. The van der Waals surface area contributed by atoms with Crippen LogP contribution in [0.25, 0.3) is 0 Å². The summed E-state index contributed by atoms with van der Waals surface area (Å²) in [5.74, 6) is 1.58. The molecule has 6 heteroatoms. The summed E-state index contributed by atoms with van der Waals surface area (Å²) in [6.45, 7) is 6.25. The molecule has 0 aliphatic carbocycles. The van der Waals surface area contributed by atoms with Gasteiger partial charge in [-0.2, -0.15) is 0 Å². The van der Waals surface area contributed by atoms with Crippen LogP contribution in [0.4, 0.5) is 0 Å². The Morgan fingerprint density at radius 3 is 2.73 bits per heavy atom. The zero-order valence-corrected chi connectivity index (χ0v) is 12.2. The Bertz CT molecular complexity index is 267. The average Bonchev–Trinajstić information content (AvgIpc) is 2.22. The Hall–Kier alpha value is 0.170.